The summed E-state index contributed by atoms with van der Waals surface area (Å²) < 4.78 is 0. The van der Waals surface area contributed by atoms with E-state index in [1.807, 2.05) is 0 Å². The van der Waals surface area contributed by atoms with Crippen molar-refractivity contribution in [3.8, 4) is 0 Å². The van der Waals surface area contributed by atoms with Crippen LogP contribution in [0.5, 0.6) is 0 Å². The third-order valence-corrected chi connectivity index (χ3v) is 3.93. The maximum atomic E-state index is 3.67. The van der Waals surface area contributed by atoms with Crippen LogP contribution in [0.15, 0.2) is 0 Å². The van der Waals surface area contributed by atoms with Crippen LogP contribution in [0.4, 0.5) is 0 Å². The molecule has 0 aromatic heterocycles. The maximum absolute atomic E-state index is 3.67. The van der Waals surface area contributed by atoms with Gasteiger partial charge in [-0.15, -0.1) is 0 Å². The molecule has 1 fully saturated rings. The standard InChI is InChI=1S/C15H31N/c1-3-16-15-12-10-8-6-4-5-7-9-11-14(2)13-15/h14-16H,3-13H2,1-2H3. The molecule has 0 bridgehead atoms. The molecule has 1 saturated carbocycles. The fourth-order valence-corrected chi connectivity index (χ4v) is 2.96. The SMILES string of the molecule is CCNC1CCCCCCCCCC(C)C1. The van der Waals surface area contributed by atoms with Gasteiger partial charge in [-0.25, -0.2) is 0 Å². The van der Waals surface area contributed by atoms with E-state index in [-0.39, 0.29) is 0 Å². The fourth-order valence-electron chi connectivity index (χ4n) is 2.96. The monoisotopic (exact) mass is 225 g/mol. The molecule has 1 aliphatic carbocycles. The largest absolute Gasteiger partial charge is 0.314 e. The van der Waals surface area contributed by atoms with Crippen molar-refractivity contribution in [2.24, 2.45) is 5.92 Å². The van der Waals surface area contributed by atoms with E-state index < -0.39 is 0 Å². The van der Waals surface area contributed by atoms with Crippen LogP contribution in [0.1, 0.15) is 78.1 Å². The van der Waals surface area contributed by atoms with Gasteiger partial charge in [0.1, 0.15) is 0 Å². The molecule has 96 valence electrons. The molecule has 0 heterocycles. The average molecular weight is 225 g/mol. The van der Waals surface area contributed by atoms with Crippen LogP contribution in [-0.4, -0.2) is 12.6 Å². The summed E-state index contributed by atoms with van der Waals surface area (Å²) in [4.78, 5) is 0. The predicted molar refractivity (Wildman–Crippen MR) is 72.8 cm³/mol. The van der Waals surface area contributed by atoms with E-state index in [0.29, 0.717) is 0 Å². The van der Waals surface area contributed by atoms with Gasteiger partial charge in [-0.05, 0) is 25.3 Å². The average Bonchev–Trinajstić information content (AvgIpc) is 2.25. The van der Waals surface area contributed by atoms with Crippen molar-refractivity contribution in [2.75, 3.05) is 6.54 Å². The highest BCUT2D eigenvalue weighted by atomic mass is 14.9. The van der Waals surface area contributed by atoms with Gasteiger partial charge in [-0.3, -0.25) is 0 Å². The van der Waals surface area contributed by atoms with Crippen LogP contribution in [0.25, 0.3) is 0 Å². The first-order valence-corrected chi connectivity index (χ1v) is 7.56. The molecule has 1 heteroatoms. The smallest absolute Gasteiger partial charge is 0.00694 e. The number of hydrogen-bond acceptors (Lipinski definition) is 1. The molecule has 0 aromatic rings. The lowest BCUT2D eigenvalue weighted by Crippen LogP contribution is -2.30. The Balaban J connectivity index is 2.31. The summed E-state index contributed by atoms with van der Waals surface area (Å²) in [6, 6.07) is 0.791. The van der Waals surface area contributed by atoms with Crippen LogP contribution >= 0.6 is 0 Å². The Morgan fingerprint density at radius 3 is 2.06 bits per heavy atom. The minimum absolute atomic E-state index is 0.791. The van der Waals surface area contributed by atoms with Gasteiger partial charge in [-0.1, -0.05) is 65.2 Å². The van der Waals surface area contributed by atoms with Gasteiger partial charge >= 0.3 is 0 Å². The van der Waals surface area contributed by atoms with Crippen molar-refractivity contribution < 1.29 is 0 Å². The molecule has 1 nitrogen and oxygen atoms in total. The highest BCUT2D eigenvalue weighted by molar-refractivity contribution is 4.70. The molecule has 1 rings (SSSR count). The first-order valence-electron chi connectivity index (χ1n) is 7.56. The van der Waals surface area contributed by atoms with Gasteiger partial charge in [0, 0.05) is 6.04 Å². The molecular formula is C15H31N. The third-order valence-electron chi connectivity index (χ3n) is 3.93. The normalized spacial score (nSPS) is 30.4. The van der Waals surface area contributed by atoms with E-state index in [1.165, 1.54) is 64.2 Å². The second kappa shape index (κ2) is 9.04. The molecule has 0 amide bonds. The van der Waals surface area contributed by atoms with E-state index >= 15 is 0 Å². The summed E-state index contributed by atoms with van der Waals surface area (Å²) in [6.07, 6.45) is 14.5. The van der Waals surface area contributed by atoms with Crippen molar-refractivity contribution in [1.29, 1.82) is 0 Å². The minimum atomic E-state index is 0.791. The number of hydrogen-bond donors (Lipinski definition) is 1. The second-order valence-electron chi connectivity index (χ2n) is 5.65. The molecule has 1 aliphatic rings. The summed E-state index contributed by atoms with van der Waals surface area (Å²) in [7, 11) is 0. The van der Waals surface area contributed by atoms with E-state index in [2.05, 4.69) is 19.2 Å². The third kappa shape index (κ3) is 6.52. The van der Waals surface area contributed by atoms with E-state index in [1.54, 1.807) is 0 Å². The molecule has 0 aliphatic heterocycles. The molecule has 0 saturated heterocycles. The van der Waals surface area contributed by atoms with E-state index in [0.717, 1.165) is 18.5 Å². The molecule has 0 aromatic carbocycles. The Labute approximate surface area is 102 Å². The Kier molecular flexibility index (Phi) is 7.92. The number of rotatable bonds is 2. The zero-order valence-electron chi connectivity index (χ0n) is 11.4. The van der Waals surface area contributed by atoms with E-state index in [4.69, 9.17) is 0 Å². The summed E-state index contributed by atoms with van der Waals surface area (Å²) in [5, 5.41) is 3.67. The van der Waals surface area contributed by atoms with Crippen molar-refractivity contribution in [1.82, 2.24) is 5.32 Å². The molecule has 16 heavy (non-hydrogen) atoms. The van der Waals surface area contributed by atoms with Crippen molar-refractivity contribution in [2.45, 2.75) is 84.1 Å². The highest BCUT2D eigenvalue weighted by Crippen LogP contribution is 2.20. The summed E-state index contributed by atoms with van der Waals surface area (Å²) in [5.74, 6) is 0.920. The van der Waals surface area contributed by atoms with Gasteiger partial charge in [0.05, 0.1) is 0 Å². The quantitative estimate of drug-likeness (QED) is 0.729. The fraction of sp³-hybridized carbons (Fsp3) is 1.00. The molecule has 1 N–H and O–H groups in total. The first kappa shape index (κ1) is 14.0. The summed E-state index contributed by atoms with van der Waals surface area (Å²) in [5.41, 5.74) is 0. The van der Waals surface area contributed by atoms with Crippen LogP contribution in [0, 0.1) is 5.92 Å². The predicted octanol–water partition coefficient (Wildman–Crippen LogP) is 4.52. The highest BCUT2D eigenvalue weighted by Gasteiger charge is 2.12. The van der Waals surface area contributed by atoms with Crippen molar-refractivity contribution >= 4 is 0 Å². The molecule has 0 radical (unpaired) electrons. The van der Waals surface area contributed by atoms with Gasteiger partial charge < -0.3 is 5.32 Å². The zero-order valence-corrected chi connectivity index (χ0v) is 11.4. The Hall–Kier alpha value is -0.0400. The molecule has 0 spiro atoms. The van der Waals surface area contributed by atoms with Gasteiger partial charge in [-0.2, -0.15) is 0 Å². The van der Waals surface area contributed by atoms with E-state index in [9.17, 15) is 0 Å². The van der Waals surface area contributed by atoms with Crippen LogP contribution in [-0.2, 0) is 0 Å². The minimum Gasteiger partial charge on any atom is -0.314 e. The lowest BCUT2D eigenvalue weighted by atomic mass is 9.91. The Morgan fingerprint density at radius 1 is 0.875 bits per heavy atom. The first-order chi connectivity index (χ1) is 7.83. The van der Waals surface area contributed by atoms with Gasteiger partial charge in [0.25, 0.3) is 0 Å². The zero-order chi connectivity index (χ0) is 11.6. The van der Waals surface area contributed by atoms with Gasteiger partial charge in [0.2, 0.25) is 0 Å². The van der Waals surface area contributed by atoms with Crippen LogP contribution in [0.3, 0.4) is 0 Å². The lowest BCUT2D eigenvalue weighted by Gasteiger charge is -2.22. The molecule has 2 atom stereocenters. The van der Waals surface area contributed by atoms with Crippen LogP contribution in [0.2, 0.25) is 0 Å². The van der Waals surface area contributed by atoms with Crippen molar-refractivity contribution in [3.05, 3.63) is 0 Å². The van der Waals surface area contributed by atoms with Crippen LogP contribution < -0.4 is 5.32 Å². The lowest BCUT2D eigenvalue weighted by molar-refractivity contribution is 0.349. The topological polar surface area (TPSA) is 12.0 Å². The second-order valence-corrected chi connectivity index (χ2v) is 5.65. The maximum Gasteiger partial charge on any atom is 0.00694 e. The Morgan fingerprint density at radius 2 is 1.44 bits per heavy atom. The summed E-state index contributed by atoms with van der Waals surface area (Å²) in [6.45, 7) is 5.81. The molecule has 2 unspecified atom stereocenters. The number of nitrogens with one attached hydrogen (secondary N) is 1. The summed E-state index contributed by atoms with van der Waals surface area (Å²) >= 11 is 0. The Bertz CT molecular complexity index is 156. The van der Waals surface area contributed by atoms with Gasteiger partial charge in [0.15, 0.2) is 0 Å². The molecular weight excluding hydrogens is 194 g/mol. The van der Waals surface area contributed by atoms with Crippen molar-refractivity contribution in [3.63, 3.8) is 0 Å².